The first-order valence-electron chi connectivity index (χ1n) is 5.80. The third-order valence-corrected chi connectivity index (χ3v) is 3.99. The molecule has 2 aliphatic rings. The maximum absolute atomic E-state index is 11.5. The van der Waals surface area contributed by atoms with Gasteiger partial charge in [-0.15, -0.1) is 0 Å². The van der Waals surface area contributed by atoms with Crippen LogP contribution < -0.4 is 0 Å². The number of cyclic esters (lactones) is 1. The molecule has 0 N–H and O–H groups in total. The number of halogens is 1. The van der Waals surface area contributed by atoms with Crippen molar-refractivity contribution in [2.24, 2.45) is 11.8 Å². The Kier molecular flexibility index (Phi) is 3.84. The third kappa shape index (κ3) is 2.83. The van der Waals surface area contributed by atoms with Crippen molar-refractivity contribution in [1.82, 2.24) is 0 Å². The van der Waals surface area contributed by atoms with Crippen molar-refractivity contribution < 1.29 is 9.53 Å². The molecule has 0 aromatic carbocycles. The molecule has 15 heavy (non-hydrogen) atoms. The van der Waals surface area contributed by atoms with Gasteiger partial charge in [0.1, 0.15) is 5.76 Å². The van der Waals surface area contributed by atoms with E-state index in [1.807, 2.05) is 0 Å². The van der Waals surface area contributed by atoms with Crippen LogP contribution in [0.2, 0.25) is 0 Å². The molecule has 1 unspecified atom stereocenters. The van der Waals surface area contributed by atoms with Crippen molar-refractivity contribution in [2.45, 2.75) is 44.9 Å². The lowest BCUT2D eigenvalue weighted by Gasteiger charge is -2.22. The summed E-state index contributed by atoms with van der Waals surface area (Å²) < 4.78 is 5.14. The lowest BCUT2D eigenvalue weighted by molar-refractivity contribution is -0.139. The van der Waals surface area contributed by atoms with Crippen LogP contribution in [0.3, 0.4) is 0 Å². The second-order valence-corrected chi connectivity index (χ2v) is 5.10. The largest absolute Gasteiger partial charge is 0.430 e. The summed E-state index contributed by atoms with van der Waals surface area (Å²) in [7, 11) is 0. The molecule has 3 heteroatoms. The summed E-state index contributed by atoms with van der Waals surface area (Å²) in [6, 6.07) is 0. The van der Waals surface area contributed by atoms with Gasteiger partial charge in [0.05, 0.1) is 5.92 Å². The molecular weight excluding hydrogens is 256 g/mol. The molecule has 0 bridgehead atoms. The van der Waals surface area contributed by atoms with Crippen molar-refractivity contribution >= 4 is 21.9 Å². The Labute approximate surface area is 99.2 Å². The highest BCUT2D eigenvalue weighted by atomic mass is 79.9. The minimum atomic E-state index is -0.0220. The summed E-state index contributed by atoms with van der Waals surface area (Å²) in [5.41, 5.74) is 0. The molecule has 1 saturated heterocycles. The predicted octanol–water partition coefficient (Wildman–Crippen LogP) is 3.76. The smallest absolute Gasteiger partial charge is 0.314 e. The zero-order chi connectivity index (χ0) is 10.7. The standard InChI is InChI=1S/C12H17BrO2/c13-8-11-7-10(12(14)15-11)6-9-4-2-1-3-5-9/h8-10H,1-7H2/b11-8+. The molecule has 2 rings (SSSR count). The lowest BCUT2D eigenvalue weighted by Crippen LogP contribution is -2.15. The van der Waals surface area contributed by atoms with E-state index in [-0.39, 0.29) is 11.9 Å². The molecular formula is C12H17BrO2. The molecule has 0 aromatic heterocycles. The molecule has 0 radical (unpaired) electrons. The Balaban J connectivity index is 1.86. The fraction of sp³-hybridized carbons (Fsp3) is 0.750. The van der Waals surface area contributed by atoms with Gasteiger partial charge < -0.3 is 4.74 Å². The summed E-state index contributed by atoms with van der Waals surface area (Å²) >= 11 is 3.22. The molecule has 0 spiro atoms. The van der Waals surface area contributed by atoms with Gasteiger partial charge in [-0.2, -0.15) is 0 Å². The molecule has 1 saturated carbocycles. The number of carbonyl (C=O) groups excluding carboxylic acids is 1. The normalized spacial score (nSPS) is 30.9. The Bertz CT molecular complexity index is 267. The number of carbonyl (C=O) groups is 1. The first-order valence-corrected chi connectivity index (χ1v) is 6.72. The highest BCUT2D eigenvalue weighted by Crippen LogP contribution is 2.35. The topological polar surface area (TPSA) is 26.3 Å². The first-order chi connectivity index (χ1) is 7.29. The maximum Gasteiger partial charge on any atom is 0.314 e. The lowest BCUT2D eigenvalue weighted by atomic mass is 9.82. The van der Waals surface area contributed by atoms with Crippen molar-refractivity contribution in [1.29, 1.82) is 0 Å². The van der Waals surface area contributed by atoms with E-state index in [1.54, 1.807) is 4.99 Å². The number of allylic oxidation sites excluding steroid dienone is 1. The predicted molar refractivity (Wildman–Crippen MR) is 62.4 cm³/mol. The molecule has 0 aromatic rings. The van der Waals surface area contributed by atoms with E-state index in [0.29, 0.717) is 0 Å². The summed E-state index contributed by atoms with van der Waals surface area (Å²) in [6.45, 7) is 0. The van der Waals surface area contributed by atoms with Crippen LogP contribution in [-0.2, 0) is 9.53 Å². The molecule has 0 amide bonds. The summed E-state index contributed by atoms with van der Waals surface area (Å²) in [5, 5.41) is 0. The zero-order valence-corrected chi connectivity index (χ0v) is 10.5. The Morgan fingerprint density at radius 2 is 2.07 bits per heavy atom. The Morgan fingerprint density at radius 1 is 1.33 bits per heavy atom. The van der Waals surface area contributed by atoms with Crippen molar-refractivity contribution in [2.75, 3.05) is 0 Å². The van der Waals surface area contributed by atoms with E-state index in [0.717, 1.165) is 24.5 Å². The quantitative estimate of drug-likeness (QED) is 0.716. The maximum atomic E-state index is 11.5. The van der Waals surface area contributed by atoms with E-state index >= 15 is 0 Å². The van der Waals surface area contributed by atoms with Crippen LogP contribution >= 0.6 is 15.9 Å². The van der Waals surface area contributed by atoms with Crippen LogP contribution in [0.5, 0.6) is 0 Å². The van der Waals surface area contributed by atoms with E-state index in [2.05, 4.69) is 15.9 Å². The highest BCUT2D eigenvalue weighted by Gasteiger charge is 2.32. The third-order valence-electron chi connectivity index (χ3n) is 3.48. The molecule has 2 nitrogen and oxygen atoms in total. The van der Waals surface area contributed by atoms with Crippen LogP contribution in [0, 0.1) is 11.8 Å². The van der Waals surface area contributed by atoms with Gasteiger partial charge in [-0.05, 0) is 12.3 Å². The van der Waals surface area contributed by atoms with Gasteiger partial charge in [0, 0.05) is 11.4 Å². The second-order valence-electron chi connectivity index (χ2n) is 4.64. The second kappa shape index (κ2) is 5.15. The van der Waals surface area contributed by atoms with Gasteiger partial charge in [0.25, 0.3) is 0 Å². The first kappa shape index (κ1) is 11.2. The molecule has 2 fully saturated rings. The number of hydrogen-bond donors (Lipinski definition) is 0. The molecule has 1 heterocycles. The average molecular weight is 273 g/mol. The van der Waals surface area contributed by atoms with E-state index < -0.39 is 0 Å². The monoisotopic (exact) mass is 272 g/mol. The molecule has 1 aliphatic carbocycles. The number of hydrogen-bond acceptors (Lipinski definition) is 2. The molecule has 84 valence electrons. The van der Waals surface area contributed by atoms with E-state index in [9.17, 15) is 4.79 Å². The van der Waals surface area contributed by atoms with Gasteiger partial charge in [-0.25, -0.2) is 0 Å². The fourth-order valence-electron chi connectivity index (χ4n) is 2.65. The summed E-state index contributed by atoms with van der Waals surface area (Å²) in [6.07, 6.45) is 8.48. The van der Waals surface area contributed by atoms with Crippen LogP contribution in [0.4, 0.5) is 0 Å². The van der Waals surface area contributed by atoms with Crippen LogP contribution in [0.15, 0.2) is 10.7 Å². The van der Waals surface area contributed by atoms with Gasteiger partial charge >= 0.3 is 5.97 Å². The summed E-state index contributed by atoms with van der Waals surface area (Å²) in [5.74, 6) is 1.65. The SMILES string of the molecule is O=C1O/C(=C/Br)CC1CC1CCCCC1. The molecule has 1 aliphatic heterocycles. The number of rotatable bonds is 2. The van der Waals surface area contributed by atoms with Crippen LogP contribution in [0.1, 0.15) is 44.9 Å². The highest BCUT2D eigenvalue weighted by molar-refractivity contribution is 9.11. The van der Waals surface area contributed by atoms with Gasteiger partial charge in [0.2, 0.25) is 0 Å². The fourth-order valence-corrected chi connectivity index (χ4v) is 2.93. The van der Waals surface area contributed by atoms with Crippen LogP contribution in [0.25, 0.3) is 0 Å². The Hall–Kier alpha value is -0.310. The Morgan fingerprint density at radius 3 is 2.67 bits per heavy atom. The van der Waals surface area contributed by atoms with E-state index in [4.69, 9.17) is 4.74 Å². The number of esters is 1. The molecule has 1 atom stereocenters. The van der Waals surface area contributed by atoms with E-state index in [1.165, 1.54) is 32.1 Å². The van der Waals surface area contributed by atoms with Gasteiger partial charge in [-0.1, -0.05) is 48.0 Å². The van der Waals surface area contributed by atoms with Crippen LogP contribution in [-0.4, -0.2) is 5.97 Å². The van der Waals surface area contributed by atoms with Gasteiger partial charge in [0.15, 0.2) is 0 Å². The zero-order valence-electron chi connectivity index (χ0n) is 8.88. The van der Waals surface area contributed by atoms with Gasteiger partial charge in [-0.3, -0.25) is 4.79 Å². The minimum absolute atomic E-state index is 0.0220. The number of ether oxygens (including phenoxy) is 1. The minimum Gasteiger partial charge on any atom is -0.430 e. The average Bonchev–Trinajstić information content (AvgIpc) is 2.61. The summed E-state index contributed by atoms with van der Waals surface area (Å²) in [4.78, 5) is 13.3. The van der Waals surface area contributed by atoms with Crippen molar-refractivity contribution in [3.63, 3.8) is 0 Å². The van der Waals surface area contributed by atoms with Crippen molar-refractivity contribution in [3.05, 3.63) is 10.7 Å². The van der Waals surface area contributed by atoms with Crippen molar-refractivity contribution in [3.8, 4) is 0 Å².